The molecule has 2 unspecified atom stereocenters. The van der Waals surface area contributed by atoms with Gasteiger partial charge >= 0.3 is 0 Å². The van der Waals surface area contributed by atoms with Gasteiger partial charge in [-0.2, -0.15) is 4.58 Å². The maximum Gasteiger partial charge on any atom is 0.270 e. The molecule has 8 aromatic rings. The van der Waals surface area contributed by atoms with E-state index in [0.717, 1.165) is 45.0 Å². The van der Waals surface area contributed by atoms with Gasteiger partial charge in [0, 0.05) is 66.1 Å². The first-order valence-corrected chi connectivity index (χ1v) is 24.7. The second kappa shape index (κ2) is 21.0. The Morgan fingerprint density at radius 1 is 0.716 bits per heavy atom. The fraction of sp³-hybridized carbons (Fsp3) is 0.186. The molecule has 1 aliphatic heterocycles. The van der Waals surface area contributed by atoms with Gasteiger partial charge in [-0.05, 0) is 91.4 Å². The van der Waals surface area contributed by atoms with E-state index in [2.05, 4.69) is 114 Å². The molecular formula is C59H55N8O7+. The standard InChI is InChI=1S/C59H54N8O7/c1-3-65(45-25-28-49-51(35-45)57(72)63-61-55(49)70)43-21-17-39(18-22-43)48(38-12-7-5-8-13-38)16-11-32-59(40-14-9-6-10-15-40,60-42-31-33-67(53(69)34-42)54-30-27-47(37-68)74-54)41-19-23-44(24-20-41)66(4-2)46-26-29-50-52(36-46)58(73)64-62-56(50)71/h5-26,28-29,31-36,41,47,54,68H,3-4,27,30,37H2,1-2H3,(H4-,60,61,62,63,64,69,70,71,72,73)/p+1/b32-11+,48-16+,66-44?/t41?,47-,54?,59?/m0/s1. The van der Waals surface area contributed by atoms with Crippen LogP contribution in [0.4, 0.5) is 22.7 Å². The van der Waals surface area contributed by atoms with Crippen LogP contribution in [0.2, 0.25) is 0 Å². The van der Waals surface area contributed by atoms with Gasteiger partial charge in [-0.1, -0.05) is 103 Å². The lowest BCUT2D eigenvalue weighted by Crippen LogP contribution is -2.41. The summed E-state index contributed by atoms with van der Waals surface area (Å²) < 4.78 is 9.64. The predicted molar refractivity (Wildman–Crippen MR) is 292 cm³/mol. The largest absolute Gasteiger partial charge is 0.394 e. The summed E-state index contributed by atoms with van der Waals surface area (Å²) in [6, 6.07) is 42.4. The molecule has 1 fully saturated rings. The van der Waals surface area contributed by atoms with Crippen LogP contribution >= 0.6 is 0 Å². The average Bonchev–Trinajstić information content (AvgIpc) is 3.92. The van der Waals surface area contributed by atoms with Crippen LogP contribution in [-0.2, 0) is 10.3 Å². The number of hydrogen-bond donors (Lipinski definition) is 6. The maximum atomic E-state index is 13.9. The highest BCUT2D eigenvalue weighted by Gasteiger charge is 2.38. The van der Waals surface area contributed by atoms with Crippen molar-refractivity contribution in [3.8, 4) is 0 Å². The number of allylic oxidation sites excluding steroid dienone is 4. The Labute approximate surface area is 424 Å². The van der Waals surface area contributed by atoms with Crippen molar-refractivity contribution in [2.45, 2.75) is 44.6 Å². The number of benzene rings is 5. The van der Waals surface area contributed by atoms with Crippen molar-refractivity contribution in [2.75, 3.05) is 29.9 Å². The number of aliphatic hydroxyl groups excluding tert-OH is 1. The molecule has 4 heterocycles. The van der Waals surface area contributed by atoms with Crippen LogP contribution in [0.1, 0.15) is 49.6 Å². The van der Waals surface area contributed by atoms with Gasteiger partial charge in [0.1, 0.15) is 12.8 Å². The molecule has 10 rings (SSSR count). The predicted octanol–water partition coefficient (Wildman–Crippen LogP) is 8.28. The fourth-order valence-electron chi connectivity index (χ4n) is 10.2. The fourth-order valence-corrected chi connectivity index (χ4v) is 10.2. The highest BCUT2D eigenvalue weighted by Crippen LogP contribution is 2.40. The minimum atomic E-state index is -0.991. The van der Waals surface area contributed by atoms with Crippen LogP contribution in [0, 0.1) is 5.92 Å². The molecule has 0 spiro atoms. The van der Waals surface area contributed by atoms with Crippen molar-refractivity contribution in [3.05, 3.63) is 251 Å². The minimum absolute atomic E-state index is 0.109. The van der Waals surface area contributed by atoms with Crippen LogP contribution < -0.4 is 38.0 Å². The molecule has 3 atom stereocenters. The highest BCUT2D eigenvalue weighted by atomic mass is 16.5. The van der Waals surface area contributed by atoms with Gasteiger partial charge in [0.15, 0.2) is 0 Å². The zero-order chi connectivity index (χ0) is 51.3. The SMILES string of the molecule is CCN(c1ccc(/C(=C/C=C/C(Nc2ccn(C3CC[C@@H](CO)O3)c(=O)c2)(c2ccccc2)C2C=CC(=[N+](CC)c3ccc4c(=O)[nH][nH]c(=O)c4c3)C=C2)c2ccccc2)cc1)c1ccc2c(=O)[nH][nH]c(=O)c2c1. The molecule has 1 aliphatic carbocycles. The van der Waals surface area contributed by atoms with Crippen LogP contribution in [-0.4, -0.2) is 66.2 Å². The van der Waals surface area contributed by atoms with Crippen molar-refractivity contribution >= 4 is 55.6 Å². The minimum Gasteiger partial charge on any atom is -0.394 e. The van der Waals surface area contributed by atoms with Crippen molar-refractivity contribution in [1.82, 2.24) is 25.0 Å². The molecule has 74 heavy (non-hydrogen) atoms. The van der Waals surface area contributed by atoms with E-state index in [0.29, 0.717) is 53.2 Å². The Morgan fingerprint density at radius 2 is 1.32 bits per heavy atom. The number of anilines is 3. The number of nitrogens with one attached hydrogen (secondary N) is 5. The number of ether oxygens (including phenoxy) is 1. The van der Waals surface area contributed by atoms with E-state index in [4.69, 9.17) is 4.74 Å². The maximum absolute atomic E-state index is 13.9. The smallest absolute Gasteiger partial charge is 0.270 e. The quantitative estimate of drug-likeness (QED) is 0.0432. The average molecular weight is 988 g/mol. The second-order valence-electron chi connectivity index (χ2n) is 18.3. The number of H-pyrrole nitrogens is 4. The molecule has 3 aromatic heterocycles. The molecule has 0 saturated carbocycles. The van der Waals surface area contributed by atoms with Gasteiger partial charge in [-0.3, -0.25) is 48.9 Å². The van der Waals surface area contributed by atoms with Gasteiger partial charge in [-0.15, -0.1) is 0 Å². The van der Waals surface area contributed by atoms with E-state index in [1.807, 2.05) is 80.6 Å². The van der Waals surface area contributed by atoms with Crippen molar-refractivity contribution in [1.29, 1.82) is 0 Å². The molecule has 0 amide bonds. The van der Waals surface area contributed by atoms with Crippen LogP contribution in [0.25, 0.3) is 27.1 Å². The third kappa shape index (κ3) is 9.61. The molecule has 0 radical (unpaired) electrons. The summed E-state index contributed by atoms with van der Waals surface area (Å²) in [4.78, 5) is 66.6. The van der Waals surface area contributed by atoms with Crippen molar-refractivity contribution < 1.29 is 14.4 Å². The second-order valence-corrected chi connectivity index (χ2v) is 18.3. The van der Waals surface area contributed by atoms with E-state index in [-0.39, 0.29) is 46.4 Å². The summed E-state index contributed by atoms with van der Waals surface area (Å²) in [5.74, 6) is -0.329. The number of pyridine rings is 1. The first-order valence-electron chi connectivity index (χ1n) is 24.7. The molecular weight excluding hydrogens is 933 g/mol. The van der Waals surface area contributed by atoms with Crippen LogP contribution in [0.3, 0.4) is 0 Å². The van der Waals surface area contributed by atoms with Gasteiger partial charge in [0.25, 0.3) is 27.8 Å². The van der Waals surface area contributed by atoms with E-state index in [1.165, 1.54) is 0 Å². The van der Waals surface area contributed by atoms with Crippen LogP contribution in [0.15, 0.2) is 206 Å². The third-order valence-electron chi connectivity index (χ3n) is 14.0. The van der Waals surface area contributed by atoms with Crippen molar-refractivity contribution in [3.63, 3.8) is 0 Å². The Balaban J connectivity index is 1.06. The first-order chi connectivity index (χ1) is 36.1. The Hall–Kier alpha value is -8.92. The lowest BCUT2D eigenvalue weighted by atomic mass is 9.75. The van der Waals surface area contributed by atoms with Gasteiger partial charge in [-0.25, -0.2) is 0 Å². The van der Waals surface area contributed by atoms with Crippen LogP contribution in [0.5, 0.6) is 0 Å². The summed E-state index contributed by atoms with van der Waals surface area (Å²) in [5.41, 5.74) is 4.99. The first kappa shape index (κ1) is 48.7. The number of rotatable bonds is 15. The molecule has 1 saturated heterocycles. The van der Waals surface area contributed by atoms with E-state index < -0.39 is 11.8 Å². The van der Waals surface area contributed by atoms with E-state index in [9.17, 15) is 29.1 Å². The topological polar surface area (TPSA) is 201 Å². The summed E-state index contributed by atoms with van der Waals surface area (Å²) in [6.07, 6.45) is 16.9. The number of nitrogens with zero attached hydrogens (tertiary/aromatic N) is 3. The lowest BCUT2D eigenvalue weighted by Gasteiger charge is -2.39. The molecule has 15 heteroatoms. The summed E-state index contributed by atoms with van der Waals surface area (Å²) in [7, 11) is 0. The zero-order valence-electron chi connectivity index (χ0n) is 40.8. The Bertz CT molecular complexity index is 3830. The van der Waals surface area contributed by atoms with E-state index >= 15 is 0 Å². The Kier molecular flexibility index (Phi) is 13.8. The number of aromatic amines is 4. The zero-order valence-corrected chi connectivity index (χ0v) is 40.8. The molecule has 5 aromatic carbocycles. The number of hydrogen-bond acceptors (Lipinski definition) is 9. The number of fused-ring (bicyclic) bond motifs is 2. The van der Waals surface area contributed by atoms with Gasteiger partial charge < -0.3 is 20.1 Å². The number of aliphatic hydroxyl groups is 1. The third-order valence-corrected chi connectivity index (χ3v) is 14.0. The highest BCUT2D eigenvalue weighted by molar-refractivity contribution is 6.02. The molecule has 6 N–H and O–H groups in total. The normalized spacial score (nSPS) is 17.5. The monoisotopic (exact) mass is 987 g/mol. The number of aromatic nitrogens is 5. The van der Waals surface area contributed by atoms with Crippen molar-refractivity contribution in [2.24, 2.45) is 5.92 Å². The van der Waals surface area contributed by atoms with Gasteiger partial charge in [0.2, 0.25) is 11.4 Å². The summed E-state index contributed by atoms with van der Waals surface area (Å²) >= 11 is 0. The van der Waals surface area contributed by atoms with Gasteiger partial charge in [0.05, 0.1) is 39.8 Å². The molecule has 2 aliphatic rings. The molecule has 0 bridgehead atoms. The Morgan fingerprint density at radius 3 is 1.95 bits per heavy atom. The lowest BCUT2D eigenvalue weighted by molar-refractivity contribution is -0.434. The molecule has 372 valence electrons. The van der Waals surface area contributed by atoms with E-state index in [1.54, 1.807) is 41.1 Å². The summed E-state index contributed by atoms with van der Waals surface area (Å²) in [5, 5.41) is 24.5. The molecule has 15 nitrogen and oxygen atoms in total. The summed E-state index contributed by atoms with van der Waals surface area (Å²) in [6.45, 7) is 5.12.